The standard InChI is InChI=1S/C13H29O3P/c1-10(2)9-11(3)15-17(8,14)16-12(4)13(5,6)7/h10-12H,9H2,1-8H3. The molecular weight excluding hydrogens is 235 g/mol. The maximum Gasteiger partial charge on any atom is 0.328 e. The molecule has 0 rings (SSSR count). The van der Waals surface area contributed by atoms with Crippen LogP contribution in [0.1, 0.15) is 54.9 Å². The maximum absolute atomic E-state index is 12.2. The molecule has 0 bridgehead atoms. The molecule has 0 fully saturated rings. The van der Waals surface area contributed by atoms with Gasteiger partial charge in [-0.05, 0) is 31.6 Å². The van der Waals surface area contributed by atoms with Crippen LogP contribution in [0.15, 0.2) is 0 Å². The molecule has 104 valence electrons. The maximum atomic E-state index is 12.2. The molecule has 0 spiro atoms. The highest BCUT2D eigenvalue weighted by Gasteiger charge is 2.30. The van der Waals surface area contributed by atoms with Crippen molar-refractivity contribution in [3.8, 4) is 0 Å². The first kappa shape index (κ1) is 17.2. The molecule has 0 amide bonds. The van der Waals surface area contributed by atoms with Crippen LogP contribution in [0.3, 0.4) is 0 Å². The van der Waals surface area contributed by atoms with E-state index in [1.54, 1.807) is 6.66 Å². The van der Waals surface area contributed by atoms with Crippen molar-refractivity contribution in [2.45, 2.75) is 67.1 Å². The first-order valence-electron chi connectivity index (χ1n) is 6.38. The quantitative estimate of drug-likeness (QED) is 0.652. The fraction of sp³-hybridized carbons (Fsp3) is 1.00. The number of hydrogen-bond donors (Lipinski definition) is 0. The second-order valence-electron chi connectivity index (χ2n) is 6.43. The van der Waals surface area contributed by atoms with Gasteiger partial charge >= 0.3 is 7.60 Å². The van der Waals surface area contributed by atoms with Crippen LogP contribution < -0.4 is 0 Å². The lowest BCUT2D eigenvalue weighted by molar-refractivity contribution is 0.0651. The van der Waals surface area contributed by atoms with Gasteiger partial charge in [0.25, 0.3) is 0 Å². The first-order valence-corrected chi connectivity index (χ1v) is 8.37. The molecule has 0 aliphatic rings. The summed E-state index contributed by atoms with van der Waals surface area (Å²) in [6, 6.07) is 0. The van der Waals surface area contributed by atoms with Gasteiger partial charge in [0.2, 0.25) is 0 Å². The summed E-state index contributed by atoms with van der Waals surface area (Å²) in [6.07, 6.45) is 0.771. The van der Waals surface area contributed by atoms with E-state index < -0.39 is 7.60 Å². The molecule has 3 atom stereocenters. The van der Waals surface area contributed by atoms with Crippen molar-refractivity contribution in [1.82, 2.24) is 0 Å². The fourth-order valence-electron chi connectivity index (χ4n) is 1.50. The Bertz CT molecular complexity index is 268. The molecule has 4 heteroatoms. The van der Waals surface area contributed by atoms with E-state index in [0.717, 1.165) is 6.42 Å². The highest BCUT2D eigenvalue weighted by atomic mass is 31.2. The second kappa shape index (κ2) is 6.36. The van der Waals surface area contributed by atoms with Gasteiger partial charge in [0.15, 0.2) is 0 Å². The molecule has 0 aliphatic heterocycles. The van der Waals surface area contributed by atoms with Crippen LogP contribution in [-0.2, 0) is 13.6 Å². The zero-order valence-corrected chi connectivity index (χ0v) is 13.5. The Kier molecular flexibility index (Phi) is 6.41. The third-order valence-corrected chi connectivity index (χ3v) is 4.19. The lowest BCUT2D eigenvalue weighted by atomic mass is 9.91. The van der Waals surface area contributed by atoms with Crippen LogP contribution in [0, 0.1) is 11.3 Å². The molecule has 0 heterocycles. The summed E-state index contributed by atoms with van der Waals surface area (Å²) >= 11 is 0. The van der Waals surface area contributed by atoms with Crippen molar-refractivity contribution >= 4 is 7.60 Å². The van der Waals surface area contributed by atoms with E-state index in [1.807, 2.05) is 13.8 Å². The number of hydrogen-bond acceptors (Lipinski definition) is 3. The summed E-state index contributed by atoms with van der Waals surface area (Å²) < 4.78 is 23.4. The SMILES string of the molecule is CC(C)CC(C)OP(C)(=O)OC(C)C(C)(C)C. The largest absolute Gasteiger partial charge is 0.328 e. The van der Waals surface area contributed by atoms with Gasteiger partial charge in [-0.3, -0.25) is 4.57 Å². The minimum atomic E-state index is -2.96. The van der Waals surface area contributed by atoms with E-state index in [2.05, 4.69) is 34.6 Å². The van der Waals surface area contributed by atoms with Crippen molar-refractivity contribution in [1.29, 1.82) is 0 Å². The summed E-state index contributed by atoms with van der Waals surface area (Å²) in [5, 5.41) is 0. The van der Waals surface area contributed by atoms with E-state index in [1.165, 1.54) is 0 Å². The topological polar surface area (TPSA) is 35.5 Å². The van der Waals surface area contributed by atoms with E-state index in [4.69, 9.17) is 9.05 Å². The van der Waals surface area contributed by atoms with E-state index in [-0.39, 0.29) is 17.6 Å². The summed E-state index contributed by atoms with van der Waals surface area (Å²) in [5.41, 5.74) is -0.0314. The van der Waals surface area contributed by atoms with Gasteiger partial charge in [0.05, 0.1) is 12.2 Å². The smallest absolute Gasteiger partial charge is 0.306 e. The Morgan fingerprint density at radius 3 is 1.88 bits per heavy atom. The molecule has 3 nitrogen and oxygen atoms in total. The van der Waals surface area contributed by atoms with Crippen LogP contribution in [0.2, 0.25) is 0 Å². The van der Waals surface area contributed by atoms with Crippen LogP contribution >= 0.6 is 7.60 Å². The predicted octanol–water partition coefficient (Wildman–Crippen LogP) is 4.71. The molecule has 0 aromatic heterocycles. The molecule has 0 saturated heterocycles. The van der Waals surface area contributed by atoms with Gasteiger partial charge < -0.3 is 9.05 Å². The lowest BCUT2D eigenvalue weighted by Gasteiger charge is -2.30. The van der Waals surface area contributed by atoms with E-state index in [0.29, 0.717) is 5.92 Å². The highest BCUT2D eigenvalue weighted by Crippen LogP contribution is 2.49. The lowest BCUT2D eigenvalue weighted by Crippen LogP contribution is -2.26. The third kappa shape index (κ3) is 7.96. The summed E-state index contributed by atoms with van der Waals surface area (Å²) in [5.74, 6) is 0.532. The Balaban J connectivity index is 4.34. The van der Waals surface area contributed by atoms with Crippen molar-refractivity contribution in [2.75, 3.05) is 6.66 Å². The monoisotopic (exact) mass is 264 g/mol. The molecule has 0 aliphatic carbocycles. The molecular formula is C13H29O3P. The molecule has 0 saturated carbocycles. The summed E-state index contributed by atoms with van der Waals surface area (Å²) in [7, 11) is -2.96. The van der Waals surface area contributed by atoms with Gasteiger partial charge in [-0.1, -0.05) is 34.6 Å². The Morgan fingerprint density at radius 2 is 1.53 bits per heavy atom. The Labute approximate surface area is 107 Å². The number of rotatable bonds is 6. The van der Waals surface area contributed by atoms with Crippen LogP contribution in [-0.4, -0.2) is 18.9 Å². The second-order valence-corrected chi connectivity index (χ2v) is 8.39. The summed E-state index contributed by atoms with van der Waals surface area (Å²) in [6.45, 7) is 15.9. The van der Waals surface area contributed by atoms with Crippen LogP contribution in [0.4, 0.5) is 0 Å². The zero-order chi connectivity index (χ0) is 13.9. The van der Waals surface area contributed by atoms with Gasteiger partial charge in [0.1, 0.15) is 0 Å². The average Bonchev–Trinajstić information content (AvgIpc) is 1.96. The first-order chi connectivity index (χ1) is 7.44. The molecule has 0 radical (unpaired) electrons. The van der Waals surface area contributed by atoms with Gasteiger partial charge in [-0.15, -0.1) is 0 Å². The predicted molar refractivity (Wildman–Crippen MR) is 73.5 cm³/mol. The van der Waals surface area contributed by atoms with Crippen LogP contribution in [0.25, 0.3) is 0 Å². The molecule has 0 N–H and O–H groups in total. The average molecular weight is 264 g/mol. The minimum absolute atomic E-state index is 0.0296. The fourth-order valence-corrected chi connectivity index (χ4v) is 3.18. The van der Waals surface area contributed by atoms with Gasteiger partial charge in [-0.25, -0.2) is 0 Å². The van der Waals surface area contributed by atoms with Crippen molar-refractivity contribution in [3.63, 3.8) is 0 Å². The Morgan fingerprint density at radius 1 is 1.06 bits per heavy atom. The summed E-state index contributed by atoms with van der Waals surface area (Å²) in [4.78, 5) is 0. The molecule has 17 heavy (non-hydrogen) atoms. The van der Waals surface area contributed by atoms with E-state index >= 15 is 0 Å². The van der Waals surface area contributed by atoms with Crippen LogP contribution in [0.5, 0.6) is 0 Å². The third-order valence-electron chi connectivity index (χ3n) is 2.74. The Hall–Kier alpha value is 0.150. The molecule has 0 aromatic rings. The van der Waals surface area contributed by atoms with Crippen molar-refractivity contribution < 1.29 is 13.6 Å². The van der Waals surface area contributed by atoms with Gasteiger partial charge in [0, 0.05) is 6.66 Å². The minimum Gasteiger partial charge on any atom is -0.306 e. The van der Waals surface area contributed by atoms with E-state index in [9.17, 15) is 4.57 Å². The zero-order valence-electron chi connectivity index (χ0n) is 12.6. The molecule has 3 unspecified atom stereocenters. The van der Waals surface area contributed by atoms with Crippen molar-refractivity contribution in [3.05, 3.63) is 0 Å². The molecule has 0 aromatic carbocycles. The van der Waals surface area contributed by atoms with Gasteiger partial charge in [-0.2, -0.15) is 0 Å². The normalized spacial score (nSPS) is 20.1. The van der Waals surface area contributed by atoms with Crippen molar-refractivity contribution in [2.24, 2.45) is 11.3 Å². The highest BCUT2D eigenvalue weighted by molar-refractivity contribution is 7.53.